The van der Waals surface area contributed by atoms with E-state index < -0.39 is 11.8 Å². The average Bonchev–Trinajstić information content (AvgIpc) is 2.40. The highest BCUT2D eigenvalue weighted by Gasteiger charge is 2.23. The normalized spacial score (nSPS) is 22.8. The average molecular weight is 267 g/mol. The quantitative estimate of drug-likeness (QED) is 0.783. The minimum atomic E-state index is -0.574. The zero-order valence-electron chi connectivity index (χ0n) is 10.6. The molecule has 1 aromatic heterocycles. The highest BCUT2D eigenvalue weighted by atomic mass is 19.1. The number of rotatable bonds is 3. The molecule has 1 heterocycles. The van der Waals surface area contributed by atoms with Gasteiger partial charge in [0.1, 0.15) is 0 Å². The number of halogens is 1. The number of nitrogens with one attached hydrogen (secondary N) is 2. The van der Waals surface area contributed by atoms with Gasteiger partial charge in [0.2, 0.25) is 0 Å². The molecule has 2 rings (SSSR count). The molecule has 0 spiro atoms. The van der Waals surface area contributed by atoms with Gasteiger partial charge in [-0.05, 0) is 18.9 Å². The molecule has 104 valence electrons. The Morgan fingerprint density at radius 1 is 1.47 bits per heavy atom. The molecule has 0 aromatic carbocycles. The minimum Gasteiger partial charge on any atom is -0.393 e. The Morgan fingerprint density at radius 3 is 3.00 bits per heavy atom. The molecular formula is C13H18FN3O2. The van der Waals surface area contributed by atoms with Crippen molar-refractivity contribution >= 4 is 11.7 Å². The zero-order chi connectivity index (χ0) is 13.7. The van der Waals surface area contributed by atoms with E-state index in [1.54, 1.807) is 0 Å². The van der Waals surface area contributed by atoms with E-state index in [2.05, 4.69) is 15.6 Å². The Bertz CT molecular complexity index is 442. The summed E-state index contributed by atoms with van der Waals surface area (Å²) in [4.78, 5) is 15.2. The van der Waals surface area contributed by atoms with Gasteiger partial charge in [-0.2, -0.15) is 0 Å². The van der Waals surface area contributed by atoms with Crippen molar-refractivity contribution in [3.05, 3.63) is 24.3 Å². The van der Waals surface area contributed by atoms with Crippen LogP contribution in [-0.2, 0) is 0 Å². The van der Waals surface area contributed by atoms with Crippen LogP contribution < -0.4 is 10.6 Å². The summed E-state index contributed by atoms with van der Waals surface area (Å²) in [6.45, 7) is 0.402. The molecule has 3 N–H and O–H groups in total. The molecule has 0 aliphatic heterocycles. The Morgan fingerprint density at radius 2 is 2.26 bits per heavy atom. The molecule has 19 heavy (non-hydrogen) atoms. The van der Waals surface area contributed by atoms with Crippen LogP contribution in [0.15, 0.2) is 18.5 Å². The van der Waals surface area contributed by atoms with Gasteiger partial charge in [-0.3, -0.25) is 4.98 Å². The van der Waals surface area contributed by atoms with Gasteiger partial charge < -0.3 is 15.7 Å². The maximum absolute atomic E-state index is 13.3. The van der Waals surface area contributed by atoms with Crippen LogP contribution in [0.4, 0.5) is 14.9 Å². The van der Waals surface area contributed by atoms with Crippen LogP contribution in [0.25, 0.3) is 0 Å². The first-order chi connectivity index (χ1) is 9.16. The number of anilines is 1. The Hall–Kier alpha value is -1.69. The van der Waals surface area contributed by atoms with E-state index in [9.17, 15) is 14.3 Å². The van der Waals surface area contributed by atoms with Crippen LogP contribution in [-0.4, -0.2) is 28.8 Å². The molecule has 0 radical (unpaired) electrons. The van der Waals surface area contributed by atoms with Crippen molar-refractivity contribution in [3.8, 4) is 0 Å². The van der Waals surface area contributed by atoms with Crippen LogP contribution in [0, 0.1) is 11.7 Å². The van der Waals surface area contributed by atoms with Crippen molar-refractivity contribution in [2.24, 2.45) is 5.92 Å². The van der Waals surface area contributed by atoms with Crippen molar-refractivity contribution in [3.63, 3.8) is 0 Å². The first-order valence-corrected chi connectivity index (χ1v) is 6.49. The van der Waals surface area contributed by atoms with Crippen molar-refractivity contribution in [1.82, 2.24) is 10.3 Å². The largest absolute Gasteiger partial charge is 0.393 e. The maximum atomic E-state index is 13.3. The van der Waals surface area contributed by atoms with Crippen molar-refractivity contribution < 1.29 is 14.3 Å². The number of urea groups is 1. The fourth-order valence-electron chi connectivity index (χ4n) is 2.29. The van der Waals surface area contributed by atoms with E-state index in [-0.39, 0.29) is 17.7 Å². The molecule has 0 bridgehead atoms. The van der Waals surface area contributed by atoms with Gasteiger partial charge in [-0.15, -0.1) is 0 Å². The molecule has 5 nitrogen and oxygen atoms in total. The number of aliphatic hydroxyl groups excluding tert-OH is 1. The van der Waals surface area contributed by atoms with Gasteiger partial charge in [0.15, 0.2) is 5.82 Å². The molecule has 1 saturated carbocycles. The Labute approximate surface area is 111 Å². The summed E-state index contributed by atoms with van der Waals surface area (Å²) in [6.07, 6.45) is 5.89. The summed E-state index contributed by atoms with van der Waals surface area (Å²) in [5.74, 6) is -0.489. The predicted molar refractivity (Wildman–Crippen MR) is 69.2 cm³/mol. The van der Waals surface area contributed by atoms with E-state index >= 15 is 0 Å². The van der Waals surface area contributed by atoms with E-state index in [1.807, 2.05) is 0 Å². The lowest BCUT2D eigenvalue weighted by atomic mass is 9.86. The topological polar surface area (TPSA) is 74.2 Å². The first kappa shape index (κ1) is 13.7. The lowest BCUT2D eigenvalue weighted by Gasteiger charge is -2.27. The lowest BCUT2D eigenvalue weighted by Crippen LogP contribution is -2.38. The van der Waals surface area contributed by atoms with Crippen molar-refractivity contribution in [2.75, 3.05) is 11.9 Å². The monoisotopic (exact) mass is 267 g/mol. The Kier molecular flexibility index (Phi) is 4.68. The van der Waals surface area contributed by atoms with Crippen molar-refractivity contribution in [2.45, 2.75) is 31.8 Å². The van der Waals surface area contributed by atoms with Gasteiger partial charge in [0.25, 0.3) is 0 Å². The first-order valence-electron chi connectivity index (χ1n) is 6.49. The van der Waals surface area contributed by atoms with E-state index in [4.69, 9.17) is 0 Å². The fraction of sp³-hybridized carbons (Fsp3) is 0.538. The molecule has 1 aliphatic rings. The minimum absolute atomic E-state index is 0.0850. The smallest absolute Gasteiger partial charge is 0.319 e. The van der Waals surface area contributed by atoms with Crippen LogP contribution in [0.5, 0.6) is 0 Å². The molecule has 6 heteroatoms. The van der Waals surface area contributed by atoms with Crippen molar-refractivity contribution in [1.29, 1.82) is 0 Å². The second-order valence-corrected chi connectivity index (χ2v) is 4.80. The van der Waals surface area contributed by atoms with Crippen LogP contribution in [0.3, 0.4) is 0 Å². The molecule has 1 aliphatic carbocycles. The number of amides is 2. The predicted octanol–water partition coefficient (Wildman–Crippen LogP) is 1.89. The van der Waals surface area contributed by atoms with Crippen LogP contribution >= 0.6 is 0 Å². The number of pyridine rings is 1. The number of aromatic nitrogens is 1. The van der Waals surface area contributed by atoms with E-state index in [1.165, 1.54) is 12.3 Å². The molecule has 2 atom stereocenters. The maximum Gasteiger partial charge on any atom is 0.319 e. The number of carbonyl (C=O) groups excluding carboxylic acids is 1. The molecule has 0 saturated heterocycles. The van der Waals surface area contributed by atoms with Gasteiger partial charge in [0, 0.05) is 18.7 Å². The van der Waals surface area contributed by atoms with Gasteiger partial charge >= 0.3 is 6.03 Å². The van der Waals surface area contributed by atoms with E-state index in [0.29, 0.717) is 6.54 Å². The third-order valence-electron chi connectivity index (χ3n) is 3.41. The number of aliphatic hydroxyl groups is 1. The second-order valence-electron chi connectivity index (χ2n) is 4.80. The summed E-state index contributed by atoms with van der Waals surface area (Å²) in [7, 11) is 0. The van der Waals surface area contributed by atoms with Crippen LogP contribution in [0.1, 0.15) is 25.7 Å². The third kappa shape index (κ3) is 3.89. The summed E-state index contributed by atoms with van der Waals surface area (Å²) < 4.78 is 13.3. The molecule has 0 unspecified atom stereocenters. The summed E-state index contributed by atoms with van der Waals surface area (Å²) >= 11 is 0. The zero-order valence-corrected chi connectivity index (χ0v) is 10.6. The molecule has 1 fully saturated rings. The summed E-state index contributed by atoms with van der Waals surface area (Å²) in [5, 5.41) is 14.9. The lowest BCUT2D eigenvalue weighted by molar-refractivity contribution is 0.0711. The fourth-order valence-corrected chi connectivity index (χ4v) is 2.29. The SMILES string of the molecule is O=C(NC[C@H]1CCCC[C@H]1O)Nc1ccncc1F. The highest BCUT2D eigenvalue weighted by molar-refractivity contribution is 5.89. The molecular weight excluding hydrogens is 249 g/mol. The van der Waals surface area contributed by atoms with Gasteiger partial charge in [0.05, 0.1) is 18.0 Å². The van der Waals surface area contributed by atoms with E-state index in [0.717, 1.165) is 31.9 Å². The van der Waals surface area contributed by atoms with Crippen LogP contribution in [0.2, 0.25) is 0 Å². The van der Waals surface area contributed by atoms with Gasteiger partial charge in [-0.1, -0.05) is 12.8 Å². The third-order valence-corrected chi connectivity index (χ3v) is 3.41. The summed E-state index contributed by atoms with van der Waals surface area (Å²) in [6, 6.07) is 0.924. The number of carbonyl (C=O) groups is 1. The number of hydrogen-bond acceptors (Lipinski definition) is 3. The molecule has 1 aromatic rings. The number of hydrogen-bond donors (Lipinski definition) is 3. The van der Waals surface area contributed by atoms with Gasteiger partial charge in [-0.25, -0.2) is 9.18 Å². The second kappa shape index (κ2) is 6.47. The molecule has 2 amide bonds. The number of nitrogens with zero attached hydrogens (tertiary/aromatic N) is 1. The standard InChI is InChI=1S/C13H18FN3O2/c14-10-8-15-6-5-11(10)17-13(19)16-7-9-3-1-2-4-12(9)18/h5-6,8-9,12,18H,1-4,7H2,(H2,15,16,17,19)/t9-,12-/m1/s1. The summed E-state index contributed by atoms with van der Waals surface area (Å²) in [5.41, 5.74) is 0.0942. The Balaban J connectivity index is 1.80. The highest BCUT2D eigenvalue weighted by Crippen LogP contribution is 2.23.